The van der Waals surface area contributed by atoms with E-state index in [4.69, 9.17) is 14.2 Å². The maximum Gasteiger partial charge on any atom is 0.127 e. The molecular formula is C16H26N2O3. The highest BCUT2D eigenvalue weighted by atomic mass is 16.5. The lowest BCUT2D eigenvalue weighted by atomic mass is 10.0. The van der Waals surface area contributed by atoms with Gasteiger partial charge in [-0.2, -0.15) is 0 Å². The molecule has 1 N–H and O–H groups in total. The van der Waals surface area contributed by atoms with Gasteiger partial charge in [-0.3, -0.25) is 4.90 Å². The summed E-state index contributed by atoms with van der Waals surface area (Å²) in [4.78, 5) is 2.44. The van der Waals surface area contributed by atoms with Crippen molar-refractivity contribution in [3.63, 3.8) is 0 Å². The third-order valence-corrected chi connectivity index (χ3v) is 3.92. The fourth-order valence-corrected chi connectivity index (χ4v) is 2.69. The van der Waals surface area contributed by atoms with Gasteiger partial charge in [0.2, 0.25) is 0 Å². The van der Waals surface area contributed by atoms with Crippen LogP contribution < -0.4 is 14.8 Å². The van der Waals surface area contributed by atoms with Crippen LogP contribution in [0.25, 0.3) is 0 Å². The summed E-state index contributed by atoms with van der Waals surface area (Å²) in [5.74, 6) is 1.67. The smallest absolute Gasteiger partial charge is 0.127 e. The Kier molecular flexibility index (Phi) is 6.29. The van der Waals surface area contributed by atoms with Gasteiger partial charge in [0.25, 0.3) is 0 Å². The molecule has 0 aromatic heterocycles. The zero-order valence-corrected chi connectivity index (χ0v) is 13.2. The minimum Gasteiger partial charge on any atom is -0.497 e. The molecule has 5 nitrogen and oxygen atoms in total. The summed E-state index contributed by atoms with van der Waals surface area (Å²) >= 11 is 0. The molecule has 0 saturated carbocycles. The van der Waals surface area contributed by atoms with E-state index < -0.39 is 0 Å². The van der Waals surface area contributed by atoms with Gasteiger partial charge in [-0.1, -0.05) is 6.07 Å². The second-order valence-electron chi connectivity index (χ2n) is 5.22. The Bertz CT molecular complexity index is 432. The Morgan fingerprint density at radius 1 is 1.24 bits per heavy atom. The van der Waals surface area contributed by atoms with E-state index in [-0.39, 0.29) is 6.04 Å². The standard InChI is InChI=1S/C16H26N2O3/c1-17-15(12-18-7-4-9-21-10-8-18)14-6-5-13(19-2)11-16(14)20-3/h5-6,11,15,17H,4,7-10,12H2,1-3H3. The lowest BCUT2D eigenvalue weighted by molar-refractivity contribution is 0.139. The van der Waals surface area contributed by atoms with Gasteiger partial charge in [-0.25, -0.2) is 0 Å². The predicted octanol–water partition coefficient (Wildman–Crippen LogP) is 1.69. The summed E-state index contributed by atoms with van der Waals surface area (Å²) in [7, 11) is 5.36. The maximum absolute atomic E-state index is 5.52. The van der Waals surface area contributed by atoms with Crippen LogP contribution in [0.15, 0.2) is 18.2 Å². The van der Waals surface area contributed by atoms with Crippen molar-refractivity contribution in [1.82, 2.24) is 10.2 Å². The Morgan fingerprint density at radius 2 is 2.10 bits per heavy atom. The number of nitrogens with one attached hydrogen (secondary N) is 1. The number of methoxy groups -OCH3 is 2. The van der Waals surface area contributed by atoms with Crippen LogP contribution in [0.2, 0.25) is 0 Å². The summed E-state index contributed by atoms with van der Waals surface area (Å²) in [5.41, 5.74) is 1.16. The Labute approximate surface area is 127 Å². The molecule has 0 spiro atoms. The first-order chi connectivity index (χ1) is 10.3. The number of ether oxygens (including phenoxy) is 3. The monoisotopic (exact) mass is 294 g/mol. The molecule has 21 heavy (non-hydrogen) atoms. The maximum atomic E-state index is 5.52. The molecule has 5 heteroatoms. The number of rotatable bonds is 6. The highest BCUT2D eigenvalue weighted by Crippen LogP contribution is 2.30. The Hall–Kier alpha value is -1.30. The normalized spacial score (nSPS) is 18.0. The van der Waals surface area contributed by atoms with Crippen LogP contribution in [0.4, 0.5) is 0 Å². The average molecular weight is 294 g/mol. The van der Waals surface area contributed by atoms with E-state index in [0.29, 0.717) is 0 Å². The third kappa shape index (κ3) is 4.33. The van der Waals surface area contributed by atoms with Crippen LogP contribution in [-0.2, 0) is 4.74 Å². The molecule has 1 saturated heterocycles. The molecule has 2 rings (SSSR count). The van der Waals surface area contributed by atoms with E-state index in [0.717, 1.165) is 56.3 Å². The minimum atomic E-state index is 0.226. The molecule has 1 aromatic carbocycles. The van der Waals surface area contributed by atoms with Crippen molar-refractivity contribution in [2.24, 2.45) is 0 Å². The fraction of sp³-hybridized carbons (Fsp3) is 0.625. The van der Waals surface area contributed by atoms with Crippen LogP contribution in [0.5, 0.6) is 11.5 Å². The van der Waals surface area contributed by atoms with Gasteiger partial charge in [0.15, 0.2) is 0 Å². The van der Waals surface area contributed by atoms with E-state index in [1.807, 2.05) is 19.2 Å². The van der Waals surface area contributed by atoms with E-state index >= 15 is 0 Å². The van der Waals surface area contributed by atoms with Crippen molar-refractivity contribution in [3.8, 4) is 11.5 Å². The first-order valence-electron chi connectivity index (χ1n) is 7.47. The van der Waals surface area contributed by atoms with Crippen LogP contribution in [0.1, 0.15) is 18.0 Å². The SMILES string of the molecule is CNC(CN1CCCOCC1)c1ccc(OC)cc1OC. The van der Waals surface area contributed by atoms with Gasteiger partial charge >= 0.3 is 0 Å². The number of likely N-dealkylation sites (N-methyl/N-ethyl adjacent to an activating group) is 1. The first-order valence-corrected chi connectivity index (χ1v) is 7.47. The molecule has 1 aliphatic rings. The summed E-state index contributed by atoms with van der Waals surface area (Å²) in [6, 6.07) is 6.22. The highest BCUT2D eigenvalue weighted by molar-refractivity contribution is 5.42. The molecule has 0 bridgehead atoms. The highest BCUT2D eigenvalue weighted by Gasteiger charge is 2.19. The molecule has 118 valence electrons. The molecule has 0 aliphatic carbocycles. The quantitative estimate of drug-likeness (QED) is 0.865. The van der Waals surface area contributed by atoms with Crippen molar-refractivity contribution in [2.45, 2.75) is 12.5 Å². The van der Waals surface area contributed by atoms with Crippen molar-refractivity contribution in [1.29, 1.82) is 0 Å². The number of hydrogen-bond donors (Lipinski definition) is 1. The summed E-state index contributed by atoms with van der Waals surface area (Å²) < 4.78 is 16.3. The molecule has 1 heterocycles. The van der Waals surface area contributed by atoms with E-state index in [2.05, 4.69) is 16.3 Å². The fourth-order valence-electron chi connectivity index (χ4n) is 2.69. The van der Waals surface area contributed by atoms with E-state index in [9.17, 15) is 0 Å². The van der Waals surface area contributed by atoms with Gasteiger partial charge in [-0.15, -0.1) is 0 Å². The number of hydrogen-bond acceptors (Lipinski definition) is 5. The summed E-state index contributed by atoms with van der Waals surface area (Å²) in [6.45, 7) is 4.69. The van der Waals surface area contributed by atoms with Gasteiger partial charge in [0, 0.05) is 43.9 Å². The molecular weight excluding hydrogens is 268 g/mol. The topological polar surface area (TPSA) is 43.0 Å². The van der Waals surface area contributed by atoms with Crippen molar-refractivity contribution < 1.29 is 14.2 Å². The lowest BCUT2D eigenvalue weighted by Crippen LogP contribution is -2.35. The minimum absolute atomic E-state index is 0.226. The van der Waals surface area contributed by atoms with E-state index in [1.165, 1.54) is 0 Å². The van der Waals surface area contributed by atoms with Gasteiger partial charge in [0.1, 0.15) is 11.5 Å². The molecule has 1 aliphatic heterocycles. The lowest BCUT2D eigenvalue weighted by Gasteiger charge is -2.27. The summed E-state index contributed by atoms with van der Waals surface area (Å²) in [5, 5.41) is 3.39. The zero-order chi connectivity index (χ0) is 15.1. The number of benzene rings is 1. The molecule has 0 radical (unpaired) electrons. The van der Waals surface area contributed by atoms with E-state index in [1.54, 1.807) is 14.2 Å². The Balaban J connectivity index is 2.12. The van der Waals surface area contributed by atoms with Gasteiger partial charge in [-0.05, 0) is 19.5 Å². The second kappa shape index (κ2) is 8.22. The second-order valence-corrected chi connectivity index (χ2v) is 5.22. The molecule has 1 fully saturated rings. The third-order valence-electron chi connectivity index (χ3n) is 3.92. The average Bonchev–Trinajstić information content (AvgIpc) is 2.80. The van der Waals surface area contributed by atoms with Crippen LogP contribution >= 0.6 is 0 Å². The van der Waals surface area contributed by atoms with Crippen LogP contribution in [-0.4, -0.2) is 59.0 Å². The van der Waals surface area contributed by atoms with Crippen molar-refractivity contribution in [2.75, 3.05) is 54.1 Å². The van der Waals surface area contributed by atoms with Crippen LogP contribution in [0.3, 0.4) is 0 Å². The van der Waals surface area contributed by atoms with Gasteiger partial charge in [0.05, 0.1) is 20.8 Å². The predicted molar refractivity (Wildman–Crippen MR) is 83.2 cm³/mol. The summed E-state index contributed by atoms with van der Waals surface area (Å²) in [6.07, 6.45) is 1.09. The Morgan fingerprint density at radius 3 is 2.81 bits per heavy atom. The van der Waals surface area contributed by atoms with Crippen LogP contribution in [0, 0.1) is 0 Å². The zero-order valence-electron chi connectivity index (χ0n) is 13.2. The van der Waals surface area contributed by atoms with Gasteiger partial charge < -0.3 is 19.5 Å². The first kappa shape index (κ1) is 16.1. The van der Waals surface area contributed by atoms with Crippen molar-refractivity contribution in [3.05, 3.63) is 23.8 Å². The molecule has 1 aromatic rings. The van der Waals surface area contributed by atoms with Crippen molar-refractivity contribution >= 4 is 0 Å². The molecule has 0 amide bonds. The number of nitrogens with zero attached hydrogens (tertiary/aromatic N) is 1. The molecule has 1 atom stereocenters. The largest absolute Gasteiger partial charge is 0.497 e. The molecule has 1 unspecified atom stereocenters.